The summed E-state index contributed by atoms with van der Waals surface area (Å²) < 4.78 is 10.1. The van der Waals surface area contributed by atoms with Crippen molar-refractivity contribution in [1.29, 1.82) is 0 Å². The molecule has 6 heteroatoms. The van der Waals surface area contributed by atoms with E-state index in [1.165, 1.54) is 0 Å². The van der Waals surface area contributed by atoms with Crippen molar-refractivity contribution in [2.45, 2.75) is 6.29 Å². The summed E-state index contributed by atoms with van der Waals surface area (Å²) in [6, 6.07) is 7.55. The molecule has 5 nitrogen and oxygen atoms in total. The summed E-state index contributed by atoms with van der Waals surface area (Å²) >= 11 is 6.06. The summed E-state index contributed by atoms with van der Waals surface area (Å²) in [5.74, 6) is 0.523. The molecule has 0 amide bonds. The molecule has 2 rings (SSSR count). The molecule has 0 aliphatic carbocycles. The van der Waals surface area contributed by atoms with Gasteiger partial charge in [0, 0.05) is 14.2 Å². The number of para-hydroxylation sites is 2. The molecule has 18 heavy (non-hydrogen) atoms. The van der Waals surface area contributed by atoms with Gasteiger partial charge in [0.1, 0.15) is 0 Å². The summed E-state index contributed by atoms with van der Waals surface area (Å²) in [6.07, 6.45) is -0.352. The van der Waals surface area contributed by atoms with Crippen molar-refractivity contribution in [2.24, 2.45) is 0 Å². The molecule has 0 fully saturated rings. The molecule has 0 spiro atoms. The molecule has 2 aromatic rings. The number of fused-ring (bicyclic) bond motifs is 1. The zero-order valence-corrected chi connectivity index (χ0v) is 10.9. The lowest BCUT2D eigenvalue weighted by atomic mass is 10.3. The Balaban J connectivity index is 2.20. The van der Waals surface area contributed by atoms with Gasteiger partial charge in [-0.05, 0) is 12.1 Å². The number of nitrogens with zero attached hydrogens (tertiary/aromatic N) is 2. The Morgan fingerprint density at radius 2 is 1.78 bits per heavy atom. The third-order valence-corrected chi connectivity index (χ3v) is 2.75. The Bertz CT molecular complexity index is 532. The lowest BCUT2D eigenvalue weighted by molar-refractivity contribution is -0.0914. The van der Waals surface area contributed by atoms with Gasteiger partial charge in [0.15, 0.2) is 17.3 Å². The molecule has 0 aliphatic heterocycles. The fourth-order valence-electron chi connectivity index (χ4n) is 1.53. The van der Waals surface area contributed by atoms with Crippen LogP contribution in [-0.4, -0.2) is 37.0 Å². The van der Waals surface area contributed by atoms with Crippen molar-refractivity contribution in [2.75, 3.05) is 26.1 Å². The van der Waals surface area contributed by atoms with Crippen LogP contribution in [-0.2, 0) is 9.47 Å². The second-order valence-electron chi connectivity index (χ2n) is 3.63. The predicted molar refractivity (Wildman–Crippen MR) is 70.8 cm³/mol. The highest BCUT2D eigenvalue weighted by Gasteiger charge is 2.09. The van der Waals surface area contributed by atoms with Crippen molar-refractivity contribution in [1.82, 2.24) is 9.97 Å². The van der Waals surface area contributed by atoms with E-state index in [4.69, 9.17) is 21.1 Å². The minimum absolute atomic E-state index is 0.333. The predicted octanol–water partition coefficient (Wildman–Crippen LogP) is 2.31. The van der Waals surface area contributed by atoms with Crippen LogP contribution in [0.5, 0.6) is 0 Å². The molecule has 0 aliphatic rings. The lowest BCUT2D eigenvalue weighted by Gasteiger charge is -2.15. The largest absolute Gasteiger partial charge is 0.362 e. The maximum atomic E-state index is 6.06. The minimum atomic E-state index is -0.352. The fourth-order valence-corrected chi connectivity index (χ4v) is 1.73. The van der Waals surface area contributed by atoms with Crippen molar-refractivity contribution >= 4 is 28.5 Å². The zero-order valence-electron chi connectivity index (χ0n) is 10.2. The number of hydrogen-bond acceptors (Lipinski definition) is 5. The first-order valence-electron chi connectivity index (χ1n) is 5.46. The maximum absolute atomic E-state index is 6.06. The highest BCUT2D eigenvalue weighted by molar-refractivity contribution is 6.32. The number of halogens is 1. The quantitative estimate of drug-likeness (QED) is 0.843. The smallest absolute Gasteiger partial charge is 0.173 e. The van der Waals surface area contributed by atoms with Gasteiger partial charge in [-0.25, -0.2) is 9.97 Å². The topological polar surface area (TPSA) is 56.3 Å². The van der Waals surface area contributed by atoms with Crippen LogP contribution in [0.25, 0.3) is 11.0 Å². The summed E-state index contributed by atoms with van der Waals surface area (Å²) in [4.78, 5) is 8.66. The molecule has 1 heterocycles. The van der Waals surface area contributed by atoms with Crippen LogP contribution in [0.1, 0.15) is 0 Å². The van der Waals surface area contributed by atoms with E-state index in [1.54, 1.807) is 14.2 Å². The number of benzene rings is 1. The third-order valence-electron chi connectivity index (χ3n) is 2.49. The van der Waals surface area contributed by atoms with Crippen LogP contribution in [0.4, 0.5) is 5.82 Å². The molecule has 0 atom stereocenters. The Morgan fingerprint density at radius 1 is 1.17 bits per heavy atom. The molecule has 0 unspecified atom stereocenters. The zero-order chi connectivity index (χ0) is 13.0. The van der Waals surface area contributed by atoms with E-state index in [-0.39, 0.29) is 6.29 Å². The van der Waals surface area contributed by atoms with E-state index >= 15 is 0 Å². The molecule has 1 N–H and O–H groups in total. The molecule has 0 saturated heterocycles. The van der Waals surface area contributed by atoms with Crippen LogP contribution in [0.2, 0.25) is 5.15 Å². The van der Waals surface area contributed by atoms with Gasteiger partial charge in [-0.3, -0.25) is 0 Å². The van der Waals surface area contributed by atoms with Crippen molar-refractivity contribution in [3.63, 3.8) is 0 Å². The van der Waals surface area contributed by atoms with Crippen LogP contribution in [0.3, 0.4) is 0 Å². The number of methoxy groups -OCH3 is 2. The fraction of sp³-hybridized carbons (Fsp3) is 0.333. The molecule has 0 radical (unpaired) electrons. The van der Waals surface area contributed by atoms with Gasteiger partial charge in [-0.2, -0.15) is 0 Å². The standard InChI is InChI=1S/C12H14ClN3O2/c1-17-10(18-2)7-14-12-11(13)15-8-5-3-4-6-9(8)16-12/h3-6,10H,7H2,1-2H3,(H,14,16). The van der Waals surface area contributed by atoms with E-state index in [0.29, 0.717) is 17.5 Å². The van der Waals surface area contributed by atoms with Crippen LogP contribution in [0, 0.1) is 0 Å². The van der Waals surface area contributed by atoms with E-state index in [9.17, 15) is 0 Å². The molecule has 0 bridgehead atoms. The van der Waals surface area contributed by atoms with Crippen molar-refractivity contribution < 1.29 is 9.47 Å². The highest BCUT2D eigenvalue weighted by Crippen LogP contribution is 2.20. The average Bonchev–Trinajstić information content (AvgIpc) is 2.40. The van der Waals surface area contributed by atoms with Gasteiger partial charge in [-0.1, -0.05) is 23.7 Å². The van der Waals surface area contributed by atoms with E-state index in [2.05, 4.69) is 15.3 Å². The van der Waals surface area contributed by atoms with Gasteiger partial charge < -0.3 is 14.8 Å². The van der Waals surface area contributed by atoms with E-state index < -0.39 is 0 Å². The second-order valence-corrected chi connectivity index (χ2v) is 3.99. The van der Waals surface area contributed by atoms with E-state index in [1.807, 2.05) is 24.3 Å². The molecule has 1 aromatic carbocycles. The van der Waals surface area contributed by atoms with Crippen LogP contribution >= 0.6 is 11.6 Å². The van der Waals surface area contributed by atoms with Gasteiger partial charge >= 0.3 is 0 Å². The molecule has 0 saturated carbocycles. The maximum Gasteiger partial charge on any atom is 0.173 e. The molecular weight excluding hydrogens is 254 g/mol. The summed E-state index contributed by atoms with van der Waals surface area (Å²) in [7, 11) is 3.15. The summed E-state index contributed by atoms with van der Waals surface area (Å²) in [5.41, 5.74) is 1.55. The Kier molecular flexibility index (Phi) is 4.30. The number of anilines is 1. The van der Waals surface area contributed by atoms with Crippen LogP contribution < -0.4 is 5.32 Å². The van der Waals surface area contributed by atoms with Gasteiger partial charge in [0.2, 0.25) is 0 Å². The van der Waals surface area contributed by atoms with Gasteiger partial charge in [0.05, 0.1) is 17.6 Å². The molecular formula is C12H14ClN3O2. The van der Waals surface area contributed by atoms with Crippen molar-refractivity contribution in [3.8, 4) is 0 Å². The average molecular weight is 268 g/mol. The minimum Gasteiger partial charge on any atom is -0.362 e. The van der Waals surface area contributed by atoms with Crippen LogP contribution in [0.15, 0.2) is 24.3 Å². The number of hydrogen-bond donors (Lipinski definition) is 1. The first kappa shape index (κ1) is 13.0. The number of aromatic nitrogens is 2. The Hall–Kier alpha value is -1.43. The summed E-state index contributed by atoms with van der Waals surface area (Å²) in [6.45, 7) is 0.444. The Labute approximate surface area is 110 Å². The van der Waals surface area contributed by atoms with Crippen molar-refractivity contribution in [3.05, 3.63) is 29.4 Å². The van der Waals surface area contributed by atoms with E-state index in [0.717, 1.165) is 11.0 Å². The third kappa shape index (κ3) is 2.87. The van der Waals surface area contributed by atoms with Gasteiger partial charge in [0.25, 0.3) is 0 Å². The molecule has 1 aromatic heterocycles. The SMILES string of the molecule is COC(CNc1nc2ccccc2nc1Cl)OC. The normalized spacial score (nSPS) is 11.1. The lowest BCUT2D eigenvalue weighted by Crippen LogP contribution is -2.24. The van der Waals surface area contributed by atoms with Gasteiger partial charge in [-0.15, -0.1) is 0 Å². The molecule has 96 valence electrons. The second kappa shape index (κ2) is 5.95. The first-order chi connectivity index (χ1) is 8.74. The Morgan fingerprint density at radius 3 is 2.39 bits per heavy atom. The highest BCUT2D eigenvalue weighted by atomic mass is 35.5. The number of nitrogens with one attached hydrogen (secondary N) is 1. The summed E-state index contributed by atoms with van der Waals surface area (Å²) in [5, 5.41) is 3.38. The number of ether oxygens (including phenoxy) is 2. The monoisotopic (exact) mass is 267 g/mol. The first-order valence-corrected chi connectivity index (χ1v) is 5.84. The number of rotatable bonds is 5.